The van der Waals surface area contributed by atoms with Gasteiger partial charge in [0.1, 0.15) is 12.3 Å². The molecule has 0 aromatic carbocycles. The molecule has 4 heterocycles. The Balaban J connectivity index is 1.35. The van der Waals surface area contributed by atoms with Gasteiger partial charge in [0.15, 0.2) is 11.6 Å². The van der Waals surface area contributed by atoms with Gasteiger partial charge in [0.25, 0.3) is 0 Å². The predicted octanol–water partition coefficient (Wildman–Crippen LogP) is 2.80. The van der Waals surface area contributed by atoms with Crippen molar-refractivity contribution in [3.63, 3.8) is 0 Å². The minimum Gasteiger partial charge on any atom is -0.488 e. The van der Waals surface area contributed by atoms with Gasteiger partial charge in [-0.05, 0) is 37.4 Å². The number of pyridine rings is 1. The summed E-state index contributed by atoms with van der Waals surface area (Å²) < 4.78 is 9.78. The number of carbonyl (C=O) groups excluding carboxylic acids is 1. The highest BCUT2D eigenvalue weighted by atomic mass is 16.5. The van der Waals surface area contributed by atoms with Crippen molar-refractivity contribution in [2.24, 2.45) is 18.9 Å². The standard InChI is InChI=1S/C22H28N6O2/c1-4-27-7-6-16(27)13-30-19-12-23-26(3)21(19)15-5-8-28-17(10-15)11-20(25-28)24-22(29)18-9-14(18)2/h5,8,10-12,14,16,18H,4,6-7,9,13H2,1-3H3,(H,24,25,29)/t14-,16+,18-/m0/s1. The molecule has 158 valence electrons. The van der Waals surface area contributed by atoms with Crippen molar-refractivity contribution in [3.8, 4) is 17.0 Å². The Morgan fingerprint density at radius 1 is 1.37 bits per heavy atom. The molecule has 5 rings (SSSR count). The highest BCUT2D eigenvalue weighted by molar-refractivity contribution is 5.94. The fraction of sp³-hybridized carbons (Fsp3) is 0.500. The van der Waals surface area contributed by atoms with Crippen LogP contribution in [-0.4, -0.2) is 55.9 Å². The van der Waals surface area contributed by atoms with Crippen molar-refractivity contribution in [1.29, 1.82) is 0 Å². The van der Waals surface area contributed by atoms with E-state index in [0.717, 1.165) is 42.0 Å². The normalized spacial score (nSPS) is 23.4. The predicted molar refractivity (Wildman–Crippen MR) is 114 cm³/mol. The van der Waals surface area contributed by atoms with Gasteiger partial charge in [-0.1, -0.05) is 13.8 Å². The van der Waals surface area contributed by atoms with Gasteiger partial charge in [0, 0.05) is 43.4 Å². The van der Waals surface area contributed by atoms with Gasteiger partial charge in [-0.3, -0.25) is 14.4 Å². The van der Waals surface area contributed by atoms with E-state index in [4.69, 9.17) is 4.74 Å². The number of hydrogen-bond donors (Lipinski definition) is 1. The number of rotatable bonds is 7. The molecule has 3 aromatic rings. The molecule has 3 atom stereocenters. The van der Waals surface area contributed by atoms with E-state index < -0.39 is 0 Å². The third-order valence-electron chi connectivity index (χ3n) is 6.44. The lowest BCUT2D eigenvalue weighted by Gasteiger charge is -2.39. The Morgan fingerprint density at radius 2 is 2.20 bits per heavy atom. The average molecular weight is 409 g/mol. The Bertz CT molecular complexity index is 1080. The zero-order valence-corrected chi connectivity index (χ0v) is 17.7. The molecule has 0 spiro atoms. The summed E-state index contributed by atoms with van der Waals surface area (Å²) in [6.45, 7) is 7.17. The van der Waals surface area contributed by atoms with Crippen LogP contribution >= 0.6 is 0 Å². The number of ether oxygens (including phenoxy) is 1. The van der Waals surface area contributed by atoms with Crippen molar-refractivity contribution in [2.45, 2.75) is 32.7 Å². The number of carbonyl (C=O) groups is 1. The fourth-order valence-corrected chi connectivity index (χ4v) is 4.25. The number of aromatic nitrogens is 4. The van der Waals surface area contributed by atoms with Crippen LogP contribution in [0.1, 0.15) is 26.7 Å². The van der Waals surface area contributed by atoms with Crippen molar-refractivity contribution < 1.29 is 9.53 Å². The monoisotopic (exact) mass is 408 g/mol. The minimum absolute atomic E-state index is 0.0607. The van der Waals surface area contributed by atoms with Gasteiger partial charge < -0.3 is 10.1 Å². The largest absolute Gasteiger partial charge is 0.488 e. The van der Waals surface area contributed by atoms with Crippen LogP contribution in [0.25, 0.3) is 16.8 Å². The number of amides is 1. The molecule has 0 bridgehead atoms. The molecule has 1 N–H and O–H groups in total. The molecule has 1 aliphatic heterocycles. The van der Waals surface area contributed by atoms with Crippen LogP contribution in [-0.2, 0) is 11.8 Å². The van der Waals surface area contributed by atoms with Gasteiger partial charge >= 0.3 is 0 Å². The summed E-state index contributed by atoms with van der Waals surface area (Å²) >= 11 is 0. The van der Waals surface area contributed by atoms with E-state index in [1.165, 1.54) is 6.42 Å². The molecule has 30 heavy (non-hydrogen) atoms. The molecular weight excluding hydrogens is 380 g/mol. The number of nitrogens with zero attached hydrogens (tertiary/aromatic N) is 5. The maximum Gasteiger partial charge on any atom is 0.228 e. The third-order valence-corrected chi connectivity index (χ3v) is 6.44. The second kappa shape index (κ2) is 7.43. The number of hydrogen-bond acceptors (Lipinski definition) is 5. The summed E-state index contributed by atoms with van der Waals surface area (Å²) in [4.78, 5) is 14.6. The molecule has 0 radical (unpaired) electrons. The first-order chi connectivity index (χ1) is 14.5. The highest BCUT2D eigenvalue weighted by Gasteiger charge is 2.39. The number of likely N-dealkylation sites (tertiary alicyclic amines) is 1. The van der Waals surface area contributed by atoms with Crippen LogP contribution in [0.2, 0.25) is 0 Å². The summed E-state index contributed by atoms with van der Waals surface area (Å²) in [6, 6.07) is 6.44. The Kier molecular flexibility index (Phi) is 4.73. The van der Waals surface area contributed by atoms with Gasteiger partial charge in [-0.2, -0.15) is 10.2 Å². The lowest BCUT2D eigenvalue weighted by molar-refractivity contribution is -0.117. The van der Waals surface area contributed by atoms with Crippen molar-refractivity contribution in [3.05, 3.63) is 30.6 Å². The summed E-state index contributed by atoms with van der Waals surface area (Å²) in [5.41, 5.74) is 2.86. The van der Waals surface area contributed by atoms with E-state index in [9.17, 15) is 4.79 Å². The van der Waals surface area contributed by atoms with E-state index in [0.29, 0.717) is 24.4 Å². The lowest BCUT2D eigenvalue weighted by Crippen LogP contribution is -2.50. The van der Waals surface area contributed by atoms with Crippen molar-refractivity contribution in [2.75, 3.05) is 25.0 Å². The average Bonchev–Trinajstić information content (AvgIpc) is 3.13. The van der Waals surface area contributed by atoms with Crippen LogP contribution < -0.4 is 10.1 Å². The van der Waals surface area contributed by atoms with Crippen LogP contribution in [0.15, 0.2) is 30.6 Å². The molecule has 8 nitrogen and oxygen atoms in total. The molecule has 0 unspecified atom stereocenters. The van der Waals surface area contributed by atoms with Gasteiger partial charge in [-0.15, -0.1) is 0 Å². The number of aryl methyl sites for hydroxylation is 1. The molecule has 1 amide bonds. The van der Waals surface area contributed by atoms with Gasteiger partial charge in [-0.25, -0.2) is 4.52 Å². The molecule has 1 saturated heterocycles. The first-order valence-electron chi connectivity index (χ1n) is 10.7. The third kappa shape index (κ3) is 3.45. The molecule has 1 aliphatic carbocycles. The molecule has 3 aromatic heterocycles. The SMILES string of the molecule is CCN1CC[C@@H]1COc1cnn(C)c1-c1ccn2nc(NC(=O)[C@H]3C[C@@H]3C)cc2c1. The smallest absolute Gasteiger partial charge is 0.228 e. The van der Waals surface area contributed by atoms with E-state index in [1.54, 1.807) is 10.7 Å². The molecule has 8 heteroatoms. The van der Waals surface area contributed by atoms with E-state index in [2.05, 4.69) is 34.3 Å². The van der Waals surface area contributed by atoms with Crippen molar-refractivity contribution >= 4 is 17.2 Å². The first-order valence-corrected chi connectivity index (χ1v) is 10.7. The van der Waals surface area contributed by atoms with Crippen LogP contribution in [0, 0.1) is 11.8 Å². The summed E-state index contributed by atoms with van der Waals surface area (Å²) in [5, 5.41) is 11.8. The zero-order chi connectivity index (χ0) is 20.8. The molecule has 2 fully saturated rings. The van der Waals surface area contributed by atoms with Crippen LogP contribution in [0.5, 0.6) is 5.75 Å². The second-order valence-corrected chi connectivity index (χ2v) is 8.49. The number of anilines is 1. The Morgan fingerprint density at radius 3 is 2.90 bits per heavy atom. The maximum atomic E-state index is 12.2. The van der Waals surface area contributed by atoms with Gasteiger partial charge in [0.05, 0.1) is 11.7 Å². The Hall–Kier alpha value is -2.87. The van der Waals surface area contributed by atoms with Crippen LogP contribution in [0.3, 0.4) is 0 Å². The number of likely N-dealkylation sites (N-methyl/N-ethyl adjacent to an activating group) is 1. The van der Waals surface area contributed by atoms with Crippen LogP contribution in [0.4, 0.5) is 5.82 Å². The molecule has 2 aliphatic rings. The first kappa shape index (κ1) is 19.1. The summed E-state index contributed by atoms with van der Waals surface area (Å²) in [7, 11) is 1.92. The van der Waals surface area contributed by atoms with Crippen molar-refractivity contribution in [1.82, 2.24) is 24.3 Å². The van der Waals surface area contributed by atoms with E-state index in [1.807, 2.05) is 36.1 Å². The van der Waals surface area contributed by atoms with Gasteiger partial charge in [0.2, 0.25) is 5.91 Å². The number of nitrogens with one attached hydrogen (secondary N) is 1. The second-order valence-electron chi connectivity index (χ2n) is 8.49. The summed E-state index contributed by atoms with van der Waals surface area (Å²) in [5.74, 6) is 2.04. The Labute approximate surface area is 175 Å². The topological polar surface area (TPSA) is 76.7 Å². The molecular formula is C22H28N6O2. The lowest BCUT2D eigenvalue weighted by atomic mass is 10.0. The molecule has 1 saturated carbocycles. The van der Waals surface area contributed by atoms with E-state index >= 15 is 0 Å². The fourth-order valence-electron chi connectivity index (χ4n) is 4.25. The quantitative estimate of drug-likeness (QED) is 0.651. The zero-order valence-electron chi connectivity index (χ0n) is 17.7. The highest BCUT2D eigenvalue weighted by Crippen LogP contribution is 2.38. The van der Waals surface area contributed by atoms with E-state index in [-0.39, 0.29) is 11.8 Å². The maximum absolute atomic E-state index is 12.2. The minimum atomic E-state index is 0.0607. The number of fused-ring (bicyclic) bond motifs is 1. The summed E-state index contributed by atoms with van der Waals surface area (Å²) in [6.07, 6.45) is 5.83.